The molecule has 0 spiro atoms. The Morgan fingerprint density at radius 1 is 1.33 bits per heavy atom. The molecule has 116 valence electrons. The van der Waals surface area contributed by atoms with Gasteiger partial charge in [0.25, 0.3) is 6.43 Å². The molecule has 1 aromatic rings. The number of aliphatic hydroxyl groups is 1. The van der Waals surface area contributed by atoms with Gasteiger partial charge in [0.15, 0.2) is 0 Å². The van der Waals surface area contributed by atoms with E-state index in [-0.39, 0.29) is 24.5 Å². The molecule has 1 amide bonds. The topological polar surface area (TPSA) is 58.6 Å². The van der Waals surface area contributed by atoms with Crippen LogP contribution in [0.15, 0.2) is 12.1 Å². The molecule has 0 fully saturated rings. The van der Waals surface area contributed by atoms with Crippen molar-refractivity contribution < 1.29 is 27.8 Å². The summed E-state index contributed by atoms with van der Waals surface area (Å²) in [6.45, 7) is -0.788. The van der Waals surface area contributed by atoms with E-state index < -0.39 is 25.0 Å². The Labute approximate surface area is 119 Å². The minimum Gasteiger partial charge on any atom is -0.388 e. The summed E-state index contributed by atoms with van der Waals surface area (Å²) in [5.74, 6) is -0.812. The van der Waals surface area contributed by atoms with E-state index in [1.54, 1.807) is 0 Å². The summed E-state index contributed by atoms with van der Waals surface area (Å²) in [6.07, 6.45) is -2.89. The summed E-state index contributed by atoms with van der Waals surface area (Å²) in [6, 6.07) is 2.67. The minimum atomic E-state index is -2.56. The van der Waals surface area contributed by atoms with Crippen molar-refractivity contribution >= 4 is 11.6 Å². The van der Waals surface area contributed by atoms with Crippen molar-refractivity contribution in [1.82, 2.24) is 0 Å². The second kappa shape index (κ2) is 6.91. The molecule has 2 rings (SSSR count). The smallest absolute Gasteiger partial charge is 0.261 e. The lowest BCUT2D eigenvalue weighted by molar-refractivity contribution is -0.116. The molecule has 0 bridgehead atoms. The summed E-state index contributed by atoms with van der Waals surface area (Å²) in [5.41, 5.74) is 1.25. The van der Waals surface area contributed by atoms with Gasteiger partial charge in [0.1, 0.15) is 12.4 Å². The number of aliphatic hydroxyl groups excluding tert-OH is 1. The van der Waals surface area contributed by atoms with Gasteiger partial charge in [-0.15, -0.1) is 0 Å². The summed E-state index contributed by atoms with van der Waals surface area (Å²) >= 11 is 0. The molecular formula is C14H16F3NO3. The van der Waals surface area contributed by atoms with Crippen molar-refractivity contribution in [1.29, 1.82) is 0 Å². The van der Waals surface area contributed by atoms with Crippen LogP contribution in [0.5, 0.6) is 0 Å². The number of fused-ring (bicyclic) bond motifs is 1. The van der Waals surface area contributed by atoms with Gasteiger partial charge in [0.2, 0.25) is 5.91 Å². The fourth-order valence-electron chi connectivity index (χ4n) is 2.20. The molecule has 4 nitrogen and oxygen atoms in total. The summed E-state index contributed by atoms with van der Waals surface area (Å²) in [5, 5.41) is 12.5. The van der Waals surface area contributed by atoms with E-state index in [2.05, 4.69) is 10.1 Å². The monoisotopic (exact) mass is 303 g/mol. The highest BCUT2D eigenvalue weighted by Gasteiger charge is 2.20. The Morgan fingerprint density at radius 2 is 2.10 bits per heavy atom. The molecule has 21 heavy (non-hydrogen) atoms. The van der Waals surface area contributed by atoms with Gasteiger partial charge < -0.3 is 15.2 Å². The first-order valence-corrected chi connectivity index (χ1v) is 6.63. The number of alkyl halides is 2. The zero-order valence-corrected chi connectivity index (χ0v) is 11.2. The van der Waals surface area contributed by atoms with Crippen molar-refractivity contribution in [3.63, 3.8) is 0 Å². The molecule has 1 heterocycles. The quantitative estimate of drug-likeness (QED) is 0.794. The molecule has 7 heteroatoms. The number of carbonyl (C=O) groups excluding carboxylic acids is 1. The van der Waals surface area contributed by atoms with Gasteiger partial charge in [0.05, 0.1) is 6.10 Å². The third-order valence-corrected chi connectivity index (χ3v) is 3.26. The first-order chi connectivity index (χ1) is 9.97. The number of carbonyl (C=O) groups is 1. The van der Waals surface area contributed by atoms with E-state index in [1.807, 2.05) is 0 Å². The fourth-order valence-corrected chi connectivity index (χ4v) is 2.20. The lowest BCUT2D eigenvalue weighted by Crippen LogP contribution is -2.20. The first kappa shape index (κ1) is 15.8. The van der Waals surface area contributed by atoms with Crippen molar-refractivity contribution in [3.05, 3.63) is 29.1 Å². The van der Waals surface area contributed by atoms with E-state index in [9.17, 15) is 23.1 Å². The Kier molecular flexibility index (Phi) is 5.19. The Morgan fingerprint density at radius 3 is 2.81 bits per heavy atom. The third kappa shape index (κ3) is 4.18. The average Bonchev–Trinajstić information content (AvgIpc) is 2.42. The second-order valence-corrected chi connectivity index (χ2v) is 4.85. The van der Waals surface area contributed by atoms with Crippen LogP contribution in [0.2, 0.25) is 0 Å². The van der Waals surface area contributed by atoms with Crippen LogP contribution in [0.3, 0.4) is 0 Å². The maximum Gasteiger partial charge on any atom is 0.261 e. The van der Waals surface area contributed by atoms with Gasteiger partial charge in [-0.3, -0.25) is 4.79 Å². The lowest BCUT2D eigenvalue weighted by atomic mass is 9.97. The normalized spacial score (nSPS) is 15.8. The number of nitrogens with one attached hydrogen (secondary N) is 1. The predicted octanol–water partition coefficient (Wildman–Crippen LogP) is 2.42. The van der Waals surface area contributed by atoms with Crippen LogP contribution >= 0.6 is 0 Å². The highest BCUT2D eigenvalue weighted by molar-refractivity contribution is 5.93. The number of hydrogen-bond donors (Lipinski definition) is 2. The highest BCUT2D eigenvalue weighted by Crippen LogP contribution is 2.29. The molecule has 1 aromatic carbocycles. The van der Waals surface area contributed by atoms with E-state index in [4.69, 9.17) is 0 Å². The van der Waals surface area contributed by atoms with Crippen molar-refractivity contribution in [2.75, 3.05) is 18.5 Å². The molecule has 1 atom stereocenters. The number of aryl methyl sites for hydroxylation is 1. The molecular weight excluding hydrogens is 287 g/mol. The predicted molar refractivity (Wildman–Crippen MR) is 69.8 cm³/mol. The lowest BCUT2D eigenvalue weighted by Gasteiger charge is -2.20. The van der Waals surface area contributed by atoms with Crippen LogP contribution < -0.4 is 5.32 Å². The maximum atomic E-state index is 13.9. The van der Waals surface area contributed by atoms with E-state index in [0.717, 1.165) is 5.56 Å². The van der Waals surface area contributed by atoms with Gasteiger partial charge in [-0.05, 0) is 24.1 Å². The molecule has 0 aromatic heterocycles. The van der Waals surface area contributed by atoms with Crippen LogP contribution in [0.25, 0.3) is 0 Å². The Balaban J connectivity index is 2.01. The minimum absolute atomic E-state index is 0.0226. The second-order valence-electron chi connectivity index (χ2n) is 4.85. The number of amides is 1. The number of hydrogen-bond acceptors (Lipinski definition) is 3. The average molecular weight is 303 g/mol. The largest absolute Gasteiger partial charge is 0.388 e. The van der Waals surface area contributed by atoms with Crippen LogP contribution in [0.1, 0.15) is 30.1 Å². The maximum absolute atomic E-state index is 13.9. The molecule has 0 saturated heterocycles. The van der Waals surface area contributed by atoms with Crippen LogP contribution in [0.4, 0.5) is 18.9 Å². The van der Waals surface area contributed by atoms with E-state index in [0.29, 0.717) is 18.5 Å². The molecule has 0 saturated carbocycles. The molecule has 1 unspecified atom stereocenters. The SMILES string of the molecule is O=C1CCc2cc(C(O)CCOCC(F)F)c(F)cc2N1. The van der Waals surface area contributed by atoms with Crippen LogP contribution in [0, 0.1) is 5.82 Å². The van der Waals surface area contributed by atoms with Gasteiger partial charge >= 0.3 is 0 Å². The molecule has 1 aliphatic heterocycles. The van der Waals surface area contributed by atoms with Crippen molar-refractivity contribution in [2.45, 2.75) is 31.8 Å². The number of halogens is 3. The number of anilines is 1. The van der Waals surface area contributed by atoms with E-state index >= 15 is 0 Å². The summed E-state index contributed by atoms with van der Waals surface area (Å²) in [7, 11) is 0. The van der Waals surface area contributed by atoms with E-state index in [1.165, 1.54) is 12.1 Å². The van der Waals surface area contributed by atoms with Crippen LogP contribution in [-0.4, -0.2) is 30.7 Å². The number of rotatable bonds is 6. The molecule has 0 radical (unpaired) electrons. The summed E-state index contributed by atoms with van der Waals surface area (Å²) < 4.78 is 42.4. The molecule has 2 N–H and O–H groups in total. The van der Waals surface area contributed by atoms with Gasteiger partial charge in [-0.25, -0.2) is 13.2 Å². The first-order valence-electron chi connectivity index (χ1n) is 6.63. The Bertz CT molecular complexity index is 522. The highest BCUT2D eigenvalue weighted by atomic mass is 19.3. The molecule has 0 aliphatic carbocycles. The van der Waals surface area contributed by atoms with Crippen molar-refractivity contribution in [2.24, 2.45) is 0 Å². The fraction of sp³-hybridized carbons (Fsp3) is 0.500. The molecule has 1 aliphatic rings. The summed E-state index contributed by atoms with van der Waals surface area (Å²) in [4.78, 5) is 11.2. The van der Waals surface area contributed by atoms with Crippen molar-refractivity contribution in [3.8, 4) is 0 Å². The van der Waals surface area contributed by atoms with Gasteiger partial charge in [-0.1, -0.05) is 0 Å². The van der Waals surface area contributed by atoms with Crippen LogP contribution in [-0.2, 0) is 16.0 Å². The van der Waals surface area contributed by atoms with Gasteiger partial charge in [0, 0.05) is 30.7 Å². The van der Waals surface area contributed by atoms with Gasteiger partial charge in [-0.2, -0.15) is 0 Å². The number of ether oxygens (including phenoxy) is 1. The zero-order valence-electron chi connectivity index (χ0n) is 11.2. The standard InChI is InChI=1S/C14H16F3NO3/c15-10-6-11-8(1-2-14(20)18-11)5-9(10)12(19)3-4-21-7-13(16)17/h5-6,12-13,19H,1-4,7H2,(H,18,20). The zero-order chi connectivity index (χ0) is 15.4. The number of benzene rings is 1. The Hall–Kier alpha value is -1.60. The third-order valence-electron chi connectivity index (χ3n) is 3.26.